The molecule has 0 unspecified atom stereocenters. The van der Waals surface area contributed by atoms with Gasteiger partial charge in [0.15, 0.2) is 5.69 Å². The number of hydrogen-bond acceptors (Lipinski definition) is 5. The Morgan fingerprint density at radius 3 is 2.78 bits per heavy atom. The quantitative estimate of drug-likeness (QED) is 0.691. The molecule has 0 aliphatic carbocycles. The van der Waals surface area contributed by atoms with Crippen molar-refractivity contribution in [2.45, 2.75) is 19.4 Å². The maximum absolute atomic E-state index is 12.1. The summed E-state index contributed by atoms with van der Waals surface area (Å²) in [5, 5.41) is 17.7. The van der Waals surface area contributed by atoms with Crippen LogP contribution < -0.4 is 10.6 Å². The van der Waals surface area contributed by atoms with Crippen LogP contribution in [-0.4, -0.2) is 32.7 Å². The predicted molar refractivity (Wildman–Crippen MR) is 78.6 cm³/mol. The van der Waals surface area contributed by atoms with E-state index in [0.717, 1.165) is 0 Å². The third-order valence-electron chi connectivity index (χ3n) is 2.89. The van der Waals surface area contributed by atoms with Gasteiger partial charge in [0.2, 0.25) is 5.91 Å². The van der Waals surface area contributed by atoms with E-state index >= 15 is 0 Å². The van der Waals surface area contributed by atoms with E-state index in [0.29, 0.717) is 5.76 Å². The van der Waals surface area contributed by atoms with Crippen molar-refractivity contribution in [2.24, 2.45) is 7.05 Å². The molecule has 0 fully saturated rings. The van der Waals surface area contributed by atoms with Crippen molar-refractivity contribution in [1.29, 1.82) is 0 Å². The van der Waals surface area contributed by atoms with E-state index in [1.54, 1.807) is 19.2 Å². The third-order valence-corrected chi connectivity index (χ3v) is 2.89. The molecule has 9 nitrogen and oxygen atoms in total. The molecule has 2 heterocycles. The molecule has 2 aromatic rings. The number of carboxylic acids is 1. The van der Waals surface area contributed by atoms with Gasteiger partial charge in [-0.3, -0.25) is 19.1 Å². The molecule has 2 rings (SSSR count). The fourth-order valence-corrected chi connectivity index (χ4v) is 1.85. The maximum atomic E-state index is 12.1. The molecular formula is C14H16N4O5. The van der Waals surface area contributed by atoms with Crippen LogP contribution in [0.3, 0.4) is 0 Å². The monoisotopic (exact) mass is 320 g/mol. The van der Waals surface area contributed by atoms with Crippen molar-refractivity contribution in [1.82, 2.24) is 15.1 Å². The highest BCUT2D eigenvalue weighted by Crippen LogP contribution is 2.14. The molecular weight excluding hydrogens is 304 g/mol. The number of aryl methyl sites for hydroxylation is 1. The minimum absolute atomic E-state index is 0.0442. The van der Waals surface area contributed by atoms with Crippen LogP contribution in [0, 0.1) is 0 Å². The number of nitrogens with zero attached hydrogens (tertiary/aromatic N) is 2. The number of carboxylic acid groups (broad SMARTS) is 1. The van der Waals surface area contributed by atoms with Gasteiger partial charge in [-0.25, -0.2) is 0 Å². The first-order valence-electron chi connectivity index (χ1n) is 6.81. The van der Waals surface area contributed by atoms with Crippen molar-refractivity contribution in [3.8, 4) is 0 Å². The van der Waals surface area contributed by atoms with Crippen LogP contribution in [0.1, 0.15) is 29.1 Å². The molecule has 9 heteroatoms. The Morgan fingerprint density at radius 2 is 2.13 bits per heavy atom. The van der Waals surface area contributed by atoms with Crippen LogP contribution in [0.5, 0.6) is 0 Å². The van der Waals surface area contributed by atoms with E-state index in [9.17, 15) is 14.4 Å². The number of amides is 2. The second kappa shape index (κ2) is 7.25. The molecule has 0 aliphatic heterocycles. The first-order chi connectivity index (χ1) is 11.0. The van der Waals surface area contributed by atoms with Gasteiger partial charge >= 0.3 is 5.97 Å². The van der Waals surface area contributed by atoms with Crippen molar-refractivity contribution in [3.05, 3.63) is 36.0 Å². The van der Waals surface area contributed by atoms with Crippen LogP contribution in [0.15, 0.2) is 29.0 Å². The zero-order valence-electron chi connectivity index (χ0n) is 12.4. The normalized spacial score (nSPS) is 10.3. The summed E-state index contributed by atoms with van der Waals surface area (Å²) in [4.78, 5) is 34.3. The highest BCUT2D eigenvalue weighted by molar-refractivity contribution is 6.02. The molecule has 23 heavy (non-hydrogen) atoms. The second-order valence-corrected chi connectivity index (χ2v) is 4.77. The van der Waals surface area contributed by atoms with Gasteiger partial charge in [0.25, 0.3) is 5.91 Å². The lowest BCUT2D eigenvalue weighted by atomic mass is 10.2. The fourth-order valence-electron chi connectivity index (χ4n) is 1.85. The highest BCUT2D eigenvalue weighted by Gasteiger charge is 2.18. The predicted octanol–water partition coefficient (Wildman–Crippen LogP) is 0.746. The van der Waals surface area contributed by atoms with Crippen molar-refractivity contribution < 1.29 is 23.9 Å². The Bertz CT molecular complexity index is 705. The van der Waals surface area contributed by atoms with E-state index in [2.05, 4.69) is 15.7 Å². The number of carbonyl (C=O) groups is 3. The number of aromatic nitrogens is 2. The first kappa shape index (κ1) is 16.3. The molecule has 2 aromatic heterocycles. The van der Waals surface area contributed by atoms with Crippen molar-refractivity contribution in [3.63, 3.8) is 0 Å². The number of aliphatic carboxylic acids is 1. The van der Waals surface area contributed by atoms with E-state index in [1.165, 1.54) is 17.1 Å². The molecule has 0 saturated carbocycles. The third kappa shape index (κ3) is 4.70. The van der Waals surface area contributed by atoms with E-state index < -0.39 is 17.8 Å². The summed E-state index contributed by atoms with van der Waals surface area (Å²) >= 11 is 0. The van der Waals surface area contributed by atoms with Crippen molar-refractivity contribution in [2.75, 3.05) is 5.32 Å². The largest absolute Gasteiger partial charge is 0.481 e. The lowest BCUT2D eigenvalue weighted by molar-refractivity contribution is -0.138. The van der Waals surface area contributed by atoms with Gasteiger partial charge in [-0.2, -0.15) is 5.10 Å². The maximum Gasteiger partial charge on any atom is 0.303 e. The summed E-state index contributed by atoms with van der Waals surface area (Å²) in [6.07, 6.45) is 2.50. The number of hydrogen-bond donors (Lipinski definition) is 3. The Kier molecular flexibility index (Phi) is 5.13. The summed E-state index contributed by atoms with van der Waals surface area (Å²) in [7, 11) is 1.61. The zero-order valence-corrected chi connectivity index (χ0v) is 12.4. The molecule has 0 saturated heterocycles. The molecule has 0 bridgehead atoms. The van der Waals surface area contributed by atoms with Crippen LogP contribution in [0.4, 0.5) is 5.69 Å². The van der Waals surface area contributed by atoms with Gasteiger partial charge in [0.05, 0.1) is 24.9 Å². The number of furan rings is 1. The van der Waals surface area contributed by atoms with Gasteiger partial charge < -0.3 is 20.2 Å². The molecule has 122 valence electrons. The zero-order chi connectivity index (χ0) is 16.8. The van der Waals surface area contributed by atoms with Gasteiger partial charge in [-0.15, -0.1) is 0 Å². The van der Waals surface area contributed by atoms with Crippen LogP contribution in [0.25, 0.3) is 0 Å². The van der Waals surface area contributed by atoms with Crippen LogP contribution in [0.2, 0.25) is 0 Å². The highest BCUT2D eigenvalue weighted by atomic mass is 16.4. The topological polar surface area (TPSA) is 126 Å². The Labute approximate surface area is 131 Å². The average molecular weight is 320 g/mol. The van der Waals surface area contributed by atoms with Gasteiger partial charge in [-0.1, -0.05) is 0 Å². The van der Waals surface area contributed by atoms with E-state index in [4.69, 9.17) is 9.52 Å². The summed E-state index contributed by atoms with van der Waals surface area (Å²) in [6, 6.07) is 3.42. The molecule has 0 spiro atoms. The molecule has 0 radical (unpaired) electrons. The minimum atomic E-state index is -1.07. The molecule has 3 N–H and O–H groups in total. The van der Waals surface area contributed by atoms with Gasteiger partial charge in [0.1, 0.15) is 5.76 Å². The number of rotatable bonds is 7. The number of anilines is 1. The van der Waals surface area contributed by atoms with Gasteiger partial charge in [0, 0.05) is 19.7 Å². The summed E-state index contributed by atoms with van der Waals surface area (Å²) < 4.78 is 6.49. The van der Waals surface area contributed by atoms with E-state index in [-0.39, 0.29) is 30.8 Å². The lowest BCUT2D eigenvalue weighted by Crippen LogP contribution is -2.25. The molecule has 0 aromatic carbocycles. The summed E-state index contributed by atoms with van der Waals surface area (Å²) in [5.41, 5.74) is 0.266. The average Bonchev–Trinajstić information content (AvgIpc) is 3.12. The fraction of sp³-hybridized carbons (Fsp3) is 0.286. The first-order valence-corrected chi connectivity index (χ1v) is 6.81. The second-order valence-electron chi connectivity index (χ2n) is 4.77. The summed E-state index contributed by atoms with van der Waals surface area (Å²) in [5.74, 6) is -1.46. The number of nitrogens with one attached hydrogen (secondary N) is 2. The molecule has 0 atom stereocenters. The smallest absolute Gasteiger partial charge is 0.303 e. The van der Waals surface area contributed by atoms with Gasteiger partial charge in [-0.05, 0) is 12.1 Å². The lowest BCUT2D eigenvalue weighted by Gasteiger charge is -2.05. The Morgan fingerprint density at radius 1 is 1.35 bits per heavy atom. The standard InChI is InChI=1S/C14H16N4O5/c1-18-8-10(16-11(19)4-5-12(20)21)13(17-18)14(22)15-7-9-3-2-6-23-9/h2-3,6,8H,4-5,7H2,1H3,(H,15,22)(H,16,19)(H,20,21). The van der Waals surface area contributed by atoms with Crippen molar-refractivity contribution >= 4 is 23.5 Å². The summed E-state index contributed by atoms with van der Waals surface area (Å²) in [6.45, 7) is 0.189. The SMILES string of the molecule is Cn1cc(NC(=O)CCC(=O)O)c(C(=O)NCc2ccco2)n1. The Balaban J connectivity index is 1.99. The molecule has 2 amide bonds. The van der Waals surface area contributed by atoms with E-state index in [1.807, 2.05) is 0 Å². The van der Waals surface area contributed by atoms with Crippen LogP contribution in [-0.2, 0) is 23.2 Å². The minimum Gasteiger partial charge on any atom is -0.481 e. The Hall–Kier alpha value is -3.10. The molecule has 0 aliphatic rings. The van der Waals surface area contributed by atoms with Crippen LogP contribution >= 0.6 is 0 Å². The number of carbonyl (C=O) groups excluding carboxylic acids is 2.